The largest absolute Gasteiger partial charge is 0.497 e. The number of ether oxygens (including phenoxy) is 1. The van der Waals surface area contributed by atoms with Gasteiger partial charge in [0.2, 0.25) is 0 Å². The minimum Gasteiger partial charge on any atom is -0.497 e. The number of rotatable bonds is 3. The van der Waals surface area contributed by atoms with Gasteiger partial charge in [0.05, 0.1) is 18.4 Å². The summed E-state index contributed by atoms with van der Waals surface area (Å²) < 4.78 is 43.4. The topological polar surface area (TPSA) is 92.1 Å². The lowest BCUT2D eigenvalue weighted by Crippen LogP contribution is -2.72. The van der Waals surface area contributed by atoms with Crippen molar-refractivity contribution in [3.63, 3.8) is 0 Å². The predicted molar refractivity (Wildman–Crippen MR) is 68.7 cm³/mol. The summed E-state index contributed by atoms with van der Waals surface area (Å²) in [7, 11) is 1.30. The third-order valence-electron chi connectivity index (χ3n) is 3.31. The van der Waals surface area contributed by atoms with Gasteiger partial charge >= 0.3 is 6.18 Å². The molecule has 2 bridgehead atoms. The highest BCUT2D eigenvalue weighted by Gasteiger charge is 2.53. The molecule has 0 saturated carbocycles. The van der Waals surface area contributed by atoms with Crippen LogP contribution in [0.4, 0.5) is 18.9 Å². The molecule has 4 rings (SSSR count). The molecular weight excluding hydrogens is 289 g/mol. The third kappa shape index (κ3) is 2.12. The molecule has 0 aromatic heterocycles. The van der Waals surface area contributed by atoms with E-state index >= 15 is 0 Å². The summed E-state index contributed by atoms with van der Waals surface area (Å²) in [6, 6.07) is 2.97. The van der Waals surface area contributed by atoms with Gasteiger partial charge in [-0.25, -0.2) is 0 Å². The maximum Gasteiger partial charge on any atom is 0.416 e. The van der Waals surface area contributed by atoms with E-state index in [9.17, 15) is 13.2 Å². The van der Waals surface area contributed by atoms with Gasteiger partial charge in [-0.3, -0.25) is 5.43 Å². The van der Waals surface area contributed by atoms with Gasteiger partial charge in [-0.1, -0.05) is 0 Å². The maximum atomic E-state index is 12.8. The zero-order valence-electron chi connectivity index (χ0n) is 10.9. The SMILES string of the molecule is COc1cc(NN2C3C(N)=NN2C3N)cc(C(F)(F)F)c1. The third-order valence-corrected chi connectivity index (χ3v) is 3.31. The fraction of sp³-hybridized carbons (Fsp3) is 0.364. The van der Waals surface area contributed by atoms with E-state index in [1.54, 1.807) is 0 Å². The summed E-state index contributed by atoms with van der Waals surface area (Å²) in [4.78, 5) is 0. The first-order valence-corrected chi connectivity index (χ1v) is 6.02. The zero-order chi connectivity index (χ0) is 15.4. The van der Waals surface area contributed by atoms with Gasteiger partial charge in [-0.15, -0.1) is 10.2 Å². The van der Waals surface area contributed by atoms with Crippen molar-refractivity contribution < 1.29 is 17.9 Å². The highest BCUT2D eigenvalue weighted by atomic mass is 19.4. The summed E-state index contributed by atoms with van der Waals surface area (Å²) in [5, 5.41) is 6.78. The van der Waals surface area contributed by atoms with Crippen LogP contribution in [0.1, 0.15) is 5.56 Å². The second kappa shape index (κ2) is 4.40. The molecule has 21 heavy (non-hydrogen) atoms. The number of amidine groups is 1. The number of hydrogen-bond acceptors (Lipinski definition) is 7. The first-order valence-electron chi connectivity index (χ1n) is 6.02. The van der Waals surface area contributed by atoms with E-state index in [1.165, 1.54) is 23.4 Å². The van der Waals surface area contributed by atoms with Crippen LogP contribution in [0.3, 0.4) is 0 Å². The van der Waals surface area contributed by atoms with E-state index in [2.05, 4.69) is 10.5 Å². The Hall–Kier alpha value is -2.20. The van der Waals surface area contributed by atoms with Crippen molar-refractivity contribution in [2.75, 3.05) is 12.5 Å². The molecule has 3 aliphatic heterocycles. The van der Waals surface area contributed by atoms with Crippen molar-refractivity contribution in [2.45, 2.75) is 18.4 Å². The van der Waals surface area contributed by atoms with E-state index in [1.807, 2.05) is 0 Å². The van der Waals surface area contributed by atoms with Crippen LogP contribution in [-0.4, -0.2) is 35.4 Å². The van der Waals surface area contributed by atoms with Crippen LogP contribution in [0.5, 0.6) is 5.75 Å². The van der Waals surface area contributed by atoms with Gasteiger partial charge in [0, 0.05) is 6.07 Å². The smallest absolute Gasteiger partial charge is 0.416 e. The van der Waals surface area contributed by atoms with Crippen LogP contribution in [0, 0.1) is 0 Å². The van der Waals surface area contributed by atoms with Crippen LogP contribution in [-0.2, 0) is 6.18 Å². The van der Waals surface area contributed by atoms with Gasteiger partial charge < -0.3 is 16.2 Å². The van der Waals surface area contributed by atoms with Gasteiger partial charge in [0.1, 0.15) is 23.8 Å². The molecule has 114 valence electrons. The number of nitrogens with zero attached hydrogens (tertiary/aromatic N) is 3. The summed E-state index contributed by atoms with van der Waals surface area (Å²) >= 11 is 0. The lowest BCUT2D eigenvalue weighted by atomic mass is 10.1. The first kappa shape index (κ1) is 13.8. The zero-order valence-corrected chi connectivity index (χ0v) is 10.9. The monoisotopic (exact) mass is 302 g/mol. The summed E-state index contributed by atoms with van der Waals surface area (Å²) in [6.07, 6.45) is -4.87. The lowest BCUT2D eigenvalue weighted by molar-refractivity contribution is -0.143. The molecule has 1 fully saturated rings. The molecule has 3 aliphatic rings. The first-order chi connectivity index (χ1) is 9.81. The fourth-order valence-electron chi connectivity index (χ4n) is 2.26. The summed E-state index contributed by atoms with van der Waals surface area (Å²) in [6.45, 7) is 0. The minimum atomic E-state index is -4.47. The number of hydrazone groups is 1. The standard InChI is InChI=1S/C11H13F3N6O/c1-21-7-3-5(11(12,13)14)2-6(4-7)17-19-8-9(15)18-20(19)10(8)16/h2-4,8,10,17H,16H2,1H3,(H2,15,18). The molecule has 1 aromatic rings. The molecule has 2 atom stereocenters. The highest BCUT2D eigenvalue weighted by molar-refractivity contribution is 5.89. The van der Waals surface area contributed by atoms with Crippen LogP contribution >= 0.6 is 0 Å². The molecular formula is C11H13F3N6O. The average Bonchev–Trinajstić information content (AvgIpc) is 2.90. The molecule has 0 spiro atoms. The molecule has 0 amide bonds. The minimum absolute atomic E-state index is 0.0911. The molecule has 5 N–H and O–H groups in total. The van der Waals surface area contributed by atoms with Gasteiger partial charge in [-0.05, 0) is 12.1 Å². The van der Waals surface area contributed by atoms with Crippen molar-refractivity contribution >= 4 is 11.5 Å². The number of hydrogen-bond donors (Lipinski definition) is 3. The molecule has 1 aromatic carbocycles. The number of halogens is 3. The van der Waals surface area contributed by atoms with E-state index < -0.39 is 17.9 Å². The summed E-state index contributed by atoms with van der Waals surface area (Å²) in [5.41, 5.74) is 13.6. The number of hydrazine groups is 2. The van der Waals surface area contributed by atoms with Crippen LogP contribution in [0.2, 0.25) is 0 Å². The van der Waals surface area contributed by atoms with Crippen LogP contribution in [0.25, 0.3) is 0 Å². The number of nitrogens with one attached hydrogen (secondary N) is 1. The molecule has 0 aliphatic carbocycles. The molecule has 3 heterocycles. The second-order valence-corrected chi connectivity index (χ2v) is 4.68. The fourth-order valence-corrected chi connectivity index (χ4v) is 2.26. The summed E-state index contributed by atoms with van der Waals surface area (Å²) in [5.74, 6) is 0.405. The van der Waals surface area contributed by atoms with Crippen molar-refractivity contribution in [1.82, 2.24) is 10.2 Å². The van der Waals surface area contributed by atoms with Crippen molar-refractivity contribution in [3.05, 3.63) is 23.8 Å². The van der Waals surface area contributed by atoms with Gasteiger partial charge in [0.25, 0.3) is 0 Å². The number of alkyl halides is 3. The van der Waals surface area contributed by atoms with Crippen LogP contribution < -0.4 is 21.6 Å². The number of nitrogens with two attached hydrogens (primary N) is 2. The molecule has 2 unspecified atom stereocenters. The van der Waals surface area contributed by atoms with Gasteiger partial charge in [0.15, 0.2) is 0 Å². The number of benzene rings is 1. The maximum absolute atomic E-state index is 12.8. The van der Waals surface area contributed by atoms with Crippen molar-refractivity contribution in [2.24, 2.45) is 16.6 Å². The second-order valence-electron chi connectivity index (χ2n) is 4.68. The van der Waals surface area contributed by atoms with Crippen molar-refractivity contribution in [1.29, 1.82) is 0 Å². The lowest BCUT2D eigenvalue weighted by Gasteiger charge is -2.46. The Morgan fingerprint density at radius 3 is 2.52 bits per heavy atom. The molecule has 10 heteroatoms. The highest BCUT2D eigenvalue weighted by Crippen LogP contribution is 2.36. The average molecular weight is 302 g/mol. The number of methoxy groups -OCH3 is 1. The Labute approximate surface area is 117 Å². The van der Waals surface area contributed by atoms with E-state index in [0.717, 1.165) is 12.1 Å². The van der Waals surface area contributed by atoms with Gasteiger partial charge in [-0.2, -0.15) is 18.3 Å². The normalized spacial score (nSPS) is 24.6. The van der Waals surface area contributed by atoms with Crippen LogP contribution in [0.15, 0.2) is 23.3 Å². The Morgan fingerprint density at radius 1 is 1.33 bits per heavy atom. The predicted octanol–water partition coefficient (Wildman–Crippen LogP) is 0.513. The molecule has 7 nitrogen and oxygen atoms in total. The Bertz CT molecular complexity index is 604. The molecule has 1 saturated heterocycles. The molecule has 0 radical (unpaired) electrons. The van der Waals surface area contributed by atoms with E-state index in [0.29, 0.717) is 5.84 Å². The van der Waals surface area contributed by atoms with E-state index in [4.69, 9.17) is 16.2 Å². The Kier molecular flexibility index (Phi) is 2.88. The quantitative estimate of drug-likeness (QED) is 0.753. The van der Waals surface area contributed by atoms with E-state index in [-0.39, 0.29) is 17.5 Å². The Morgan fingerprint density at radius 2 is 2.05 bits per heavy atom. The van der Waals surface area contributed by atoms with Crippen molar-refractivity contribution in [3.8, 4) is 5.75 Å². The Balaban J connectivity index is 1.84. The number of anilines is 1.